The molecule has 0 aliphatic rings. The highest BCUT2D eigenvalue weighted by molar-refractivity contribution is 5.79. The van der Waals surface area contributed by atoms with Crippen LogP contribution in [0.3, 0.4) is 0 Å². The average Bonchev–Trinajstić information content (AvgIpc) is 2.89. The lowest BCUT2D eigenvalue weighted by molar-refractivity contribution is 0.489. The molecule has 0 saturated carbocycles. The molecule has 0 amide bonds. The van der Waals surface area contributed by atoms with Gasteiger partial charge in [0.15, 0.2) is 5.96 Å². The Labute approximate surface area is 122 Å². The maximum absolute atomic E-state index is 4.60. The molecule has 1 aromatic rings. The lowest BCUT2D eigenvalue weighted by atomic mass is 10.0. The van der Waals surface area contributed by atoms with Crippen LogP contribution in [0.5, 0.6) is 0 Å². The Morgan fingerprint density at radius 2 is 2.10 bits per heavy atom. The number of aliphatic imine (C=N–C) groups is 1. The molecule has 0 aliphatic carbocycles. The number of imidazole rings is 1. The molecule has 114 valence electrons. The number of guanidine groups is 1. The van der Waals surface area contributed by atoms with Gasteiger partial charge in [-0.05, 0) is 32.6 Å². The van der Waals surface area contributed by atoms with E-state index in [1.807, 2.05) is 17.1 Å². The Morgan fingerprint density at radius 3 is 2.70 bits per heavy atom. The van der Waals surface area contributed by atoms with Gasteiger partial charge in [-0.25, -0.2) is 4.98 Å². The quantitative estimate of drug-likeness (QED) is 0.567. The predicted octanol–water partition coefficient (Wildman–Crippen LogP) is 2.26. The number of hydrogen-bond donors (Lipinski definition) is 2. The van der Waals surface area contributed by atoms with Crippen LogP contribution >= 0.6 is 0 Å². The van der Waals surface area contributed by atoms with E-state index in [-0.39, 0.29) is 0 Å². The minimum absolute atomic E-state index is 0.448. The van der Waals surface area contributed by atoms with E-state index in [0.717, 1.165) is 31.5 Å². The molecule has 5 heteroatoms. The second-order valence-electron chi connectivity index (χ2n) is 5.58. The molecular weight excluding hydrogens is 250 g/mol. The minimum Gasteiger partial charge on any atom is -0.357 e. The summed E-state index contributed by atoms with van der Waals surface area (Å²) in [7, 11) is 0. The van der Waals surface area contributed by atoms with Gasteiger partial charge < -0.3 is 15.2 Å². The molecule has 1 heterocycles. The highest BCUT2D eigenvalue weighted by Crippen LogP contribution is 2.06. The molecule has 0 aromatic carbocycles. The summed E-state index contributed by atoms with van der Waals surface area (Å²) in [6, 6.07) is 0.448. The van der Waals surface area contributed by atoms with E-state index in [9.17, 15) is 0 Å². The third kappa shape index (κ3) is 7.16. The second-order valence-corrected chi connectivity index (χ2v) is 5.58. The van der Waals surface area contributed by atoms with Crippen LogP contribution in [0.1, 0.15) is 40.5 Å². The number of rotatable bonds is 8. The van der Waals surface area contributed by atoms with Crippen LogP contribution in [0.15, 0.2) is 23.7 Å². The largest absolute Gasteiger partial charge is 0.357 e. The second kappa shape index (κ2) is 9.39. The van der Waals surface area contributed by atoms with Crippen molar-refractivity contribution < 1.29 is 0 Å². The van der Waals surface area contributed by atoms with E-state index in [4.69, 9.17) is 0 Å². The van der Waals surface area contributed by atoms with Crippen molar-refractivity contribution in [3.05, 3.63) is 18.7 Å². The van der Waals surface area contributed by atoms with Crippen molar-refractivity contribution in [2.24, 2.45) is 10.9 Å². The van der Waals surface area contributed by atoms with Crippen molar-refractivity contribution >= 4 is 5.96 Å². The first-order valence-corrected chi connectivity index (χ1v) is 7.62. The number of nitrogens with one attached hydrogen (secondary N) is 2. The van der Waals surface area contributed by atoms with Gasteiger partial charge in [0, 0.05) is 31.5 Å². The number of hydrogen-bond acceptors (Lipinski definition) is 2. The van der Waals surface area contributed by atoms with Crippen molar-refractivity contribution in [2.45, 2.75) is 53.1 Å². The number of aromatic nitrogens is 2. The predicted molar refractivity (Wildman–Crippen MR) is 84.9 cm³/mol. The molecule has 0 radical (unpaired) electrons. The molecule has 1 rings (SSSR count). The maximum atomic E-state index is 4.60. The summed E-state index contributed by atoms with van der Waals surface area (Å²) < 4.78 is 2.04. The van der Waals surface area contributed by atoms with Crippen molar-refractivity contribution in [3.63, 3.8) is 0 Å². The smallest absolute Gasteiger partial charge is 0.191 e. The monoisotopic (exact) mass is 279 g/mol. The van der Waals surface area contributed by atoms with Gasteiger partial charge in [-0.1, -0.05) is 13.8 Å². The first-order chi connectivity index (χ1) is 9.61. The summed E-state index contributed by atoms with van der Waals surface area (Å²) in [5.74, 6) is 1.66. The van der Waals surface area contributed by atoms with Crippen LogP contribution in [0.4, 0.5) is 0 Å². The van der Waals surface area contributed by atoms with Gasteiger partial charge in [0.25, 0.3) is 0 Å². The van der Waals surface area contributed by atoms with Crippen LogP contribution in [0.25, 0.3) is 0 Å². The van der Waals surface area contributed by atoms with E-state index in [1.165, 1.54) is 12.8 Å². The summed E-state index contributed by atoms with van der Waals surface area (Å²) in [4.78, 5) is 8.63. The van der Waals surface area contributed by atoms with Gasteiger partial charge in [-0.15, -0.1) is 0 Å². The van der Waals surface area contributed by atoms with Gasteiger partial charge in [0.1, 0.15) is 0 Å². The SMILES string of the molecule is CCNC(=NCCn1ccnc1)NC(C)CCC(C)C. The molecule has 0 saturated heterocycles. The minimum atomic E-state index is 0.448. The van der Waals surface area contributed by atoms with Crippen LogP contribution in [-0.2, 0) is 6.54 Å². The van der Waals surface area contributed by atoms with Crippen molar-refractivity contribution in [1.82, 2.24) is 20.2 Å². The van der Waals surface area contributed by atoms with Crippen molar-refractivity contribution in [2.75, 3.05) is 13.1 Å². The zero-order chi connectivity index (χ0) is 14.8. The third-order valence-corrected chi connectivity index (χ3v) is 3.09. The molecule has 20 heavy (non-hydrogen) atoms. The normalized spacial score (nSPS) is 13.6. The molecule has 1 atom stereocenters. The molecule has 1 aromatic heterocycles. The summed E-state index contributed by atoms with van der Waals surface area (Å²) in [6.45, 7) is 11.3. The van der Waals surface area contributed by atoms with Gasteiger partial charge in [0.05, 0.1) is 12.9 Å². The molecular formula is C15H29N5. The Morgan fingerprint density at radius 1 is 1.30 bits per heavy atom. The first-order valence-electron chi connectivity index (χ1n) is 7.62. The summed E-state index contributed by atoms with van der Waals surface area (Å²) in [5.41, 5.74) is 0. The van der Waals surface area contributed by atoms with Crippen LogP contribution < -0.4 is 10.6 Å². The van der Waals surface area contributed by atoms with E-state index >= 15 is 0 Å². The van der Waals surface area contributed by atoms with Crippen LogP contribution in [0, 0.1) is 5.92 Å². The van der Waals surface area contributed by atoms with Gasteiger partial charge >= 0.3 is 0 Å². The highest BCUT2D eigenvalue weighted by Gasteiger charge is 2.06. The fraction of sp³-hybridized carbons (Fsp3) is 0.733. The molecule has 5 nitrogen and oxygen atoms in total. The van der Waals surface area contributed by atoms with E-state index in [0.29, 0.717) is 6.04 Å². The molecule has 0 spiro atoms. The lowest BCUT2D eigenvalue weighted by Crippen LogP contribution is -2.42. The summed E-state index contributed by atoms with van der Waals surface area (Å²) >= 11 is 0. The Kier molecular flexibility index (Phi) is 7.77. The average molecular weight is 279 g/mol. The Balaban J connectivity index is 2.37. The van der Waals surface area contributed by atoms with Gasteiger partial charge in [0.2, 0.25) is 0 Å². The fourth-order valence-electron chi connectivity index (χ4n) is 1.91. The zero-order valence-electron chi connectivity index (χ0n) is 13.3. The maximum Gasteiger partial charge on any atom is 0.191 e. The summed E-state index contributed by atoms with van der Waals surface area (Å²) in [5, 5.41) is 6.76. The van der Waals surface area contributed by atoms with Crippen LogP contribution in [-0.4, -0.2) is 34.6 Å². The topological polar surface area (TPSA) is 54.2 Å². The van der Waals surface area contributed by atoms with Crippen molar-refractivity contribution in [3.8, 4) is 0 Å². The fourth-order valence-corrected chi connectivity index (χ4v) is 1.91. The zero-order valence-corrected chi connectivity index (χ0v) is 13.3. The number of nitrogens with zero attached hydrogens (tertiary/aromatic N) is 3. The lowest BCUT2D eigenvalue weighted by Gasteiger charge is -2.18. The summed E-state index contributed by atoms with van der Waals surface area (Å²) in [6.07, 6.45) is 7.98. The third-order valence-electron chi connectivity index (χ3n) is 3.09. The van der Waals surface area contributed by atoms with Crippen LogP contribution in [0.2, 0.25) is 0 Å². The Hall–Kier alpha value is -1.52. The molecule has 0 bridgehead atoms. The first kappa shape index (κ1) is 16.5. The van der Waals surface area contributed by atoms with Gasteiger partial charge in [-0.3, -0.25) is 4.99 Å². The molecule has 0 fully saturated rings. The molecule has 2 N–H and O–H groups in total. The Bertz CT molecular complexity index is 370. The standard InChI is InChI=1S/C15H29N5/c1-5-17-15(19-14(4)7-6-13(2)3)18-9-11-20-10-8-16-12-20/h8,10,12-14H,5-7,9,11H2,1-4H3,(H2,17,18,19). The highest BCUT2D eigenvalue weighted by atomic mass is 15.2. The van der Waals surface area contributed by atoms with Crippen molar-refractivity contribution in [1.29, 1.82) is 0 Å². The molecule has 1 unspecified atom stereocenters. The van der Waals surface area contributed by atoms with Gasteiger partial charge in [-0.2, -0.15) is 0 Å². The van der Waals surface area contributed by atoms with E-state index in [2.05, 4.69) is 48.3 Å². The van der Waals surface area contributed by atoms with E-state index in [1.54, 1.807) is 6.20 Å². The molecule has 0 aliphatic heterocycles. The van der Waals surface area contributed by atoms with E-state index < -0.39 is 0 Å².